The quantitative estimate of drug-likeness (QED) is 0.565. The van der Waals surface area contributed by atoms with Crippen LogP contribution in [0.5, 0.6) is 5.75 Å². The first-order valence-electron chi connectivity index (χ1n) is 11.7. The summed E-state index contributed by atoms with van der Waals surface area (Å²) in [6.07, 6.45) is 4.65. The Morgan fingerprint density at radius 1 is 0.971 bits per heavy atom. The molecule has 0 spiro atoms. The van der Waals surface area contributed by atoms with Gasteiger partial charge in [-0.25, -0.2) is 0 Å². The van der Waals surface area contributed by atoms with Crippen LogP contribution in [-0.2, 0) is 4.79 Å². The first-order valence-corrected chi connectivity index (χ1v) is 12.1. The number of piperidine rings is 1. The van der Waals surface area contributed by atoms with Gasteiger partial charge < -0.3 is 15.0 Å². The molecule has 1 aromatic heterocycles. The third kappa shape index (κ3) is 5.13. The highest BCUT2D eigenvalue weighted by Crippen LogP contribution is 2.30. The van der Waals surface area contributed by atoms with Crippen molar-refractivity contribution in [2.75, 3.05) is 31.1 Å². The van der Waals surface area contributed by atoms with Gasteiger partial charge in [0.2, 0.25) is 5.91 Å². The number of carbonyl (C=O) groups excluding carboxylic acids is 2. The standard InChI is InChI=1S/C26H26ClN5O3/c27-24-4-2-1-3-23(24)26(34)31-13-10-22(11-14-31)35-21-7-5-19(6-8-21)32(20-9-12-29-30-17-20)25(33)18-15-28-16-18/h1-9,12,17-18,22,28H,10-11,13-16H2. The summed E-state index contributed by atoms with van der Waals surface area (Å²) in [5.41, 5.74) is 1.97. The van der Waals surface area contributed by atoms with Crippen LogP contribution in [0.4, 0.5) is 11.4 Å². The number of amides is 2. The van der Waals surface area contributed by atoms with Gasteiger partial charge in [-0.15, -0.1) is 0 Å². The Hall–Kier alpha value is -3.49. The fraction of sp³-hybridized carbons (Fsp3) is 0.308. The number of halogens is 1. The number of ether oxygens (including phenoxy) is 1. The van der Waals surface area contributed by atoms with E-state index in [-0.39, 0.29) is 23.8 Å². The van der Waals surface area contributed by atoms with E-state index in [1.165, 1.54) is 0 Å². The Balaban J connectivity index is 1.22. The molecule has 3 aromatic rings. The summed E-state index contributed by atoms with van der Waals surface area (Å²) >= 11 is 6.19. The van der Waals surface area contributed by atoms with Crippen molar-refractivity contribution in [3.63, 3.8) is 0 Å². The molecule has 2 aromatic carbocycles. The van der Waals surface area contributed by atoms with E-state index in [1.54, 1.807) is 35.5 Å². The topological polar surface area (TPSA) is 87.7 Å². The average Bonchev–Trinajstić information content (AvgIpc) is 2.85. The maximum Gasteiger partial charge on any atom is 0.255 e. The van der Waals surface area contributed by atoms with Gasteiger partial charge in [0.1, 0.15) is 11.9 Å². The van der Waals surface area contributed by atoms with E-state index < -0.39 is 0 Å². The number of benzene rings is 2. The summed E-state index contributed by atoms with van der Waals surface area (Å²) in [7, 11) is 0. The minimum absolute atomic E-state index is 0.0133. The third-order valence-corrected chi connectivity index (χ3v) is 6.74. The number of carbonyl (C=O) groups is 2. The second kappa shape index (κ2) is 10.4. The Kier molecular flexibility index (Phi) is 6.92. The predicted octanol–water partition coefficient (Wildman–Crippen LogP) is 3.70. The highest BCUT2D eigenvalue weighted by molar-refractivity contribution is 6.33. The lowest BCUT2D eigenvalue weighted by Gasteiger charge is -2.33. The molecule has 8 nitrogen and oxygen atoms in total. The Labute approximate surface area is 208 Å². The van der Waals surface area contributed by atoms with Crippen molar-refractivity contribution in [2.45, 2.75) is 18.9 Å². The van der Waals surface area contributed by atoms with Crippen molar-refractivity contribution in [3.05, 3.63) is 77.6 Å². The van der Waals surface area contributed by atoms with Crippen LogP contribution in [0.15, 0.2) is 67.0 Å². The van der Waals surface area contributed by atoms with Gasteiger partial charge in [0.05, 0.1) is 34.6 Å². The monoisotopic (exact) mass is 491 g/mol. The van der Waals surface area contributed by atoms with Crippen molar-refractivity contribution in [2.24, 2.45) is 5.92 Å². The largest absolute Gasteiger partial charge is 0.490 e. The van der Waals surface area contributed by atoms with Crippen LogP contribution >= 0.6 is 11.6 Å². The zero-order chi connectivity index (χ0) is 24.2. The van der Waals surface area contributed by atoms with Crippen molar-refractivity contribution in [1.29, 1.82) is 0 Å². The van der Waals surface area contributed by atoms with Crippen molar-refractivity contribution in [3.8, 4) is 5.75 Å². The summed E-state index contributed by atoms with van der Waals surface area (Å²) in [5.74, 6) is 0.657. The molecule has 35 heavy (non-hydrogen) atoms. The summed E-state index contributed by atoms with van der Waals surface area (Å²) < 4.78 is 6.19. The first-order chi connectivity index (χ1) is 17.1. The van der Waals surface area contributed by atoms with Crippen molar-refractivity contribution >= 4 is 34.8 Å². The number of likely N-dealkylation sites (tertiary alicyclic amines) is 1. The maximum atomic E-state index is 13.1. The zero-order valence-electron chi connectivity index (χ0n) is 19.1. The minimum Gasteiger partial charge on any atom is -0.490 e. The van der Waals surface area contributed by atoms with Crippen LogP contribution < -0.4 is 15.0 Å². The number of aromatic nitrogens is 2. The second-order valence-corrected chi connectivity index (χ2v) is 9.12. The molecular weight excluding hydrogens is 466 g/mol. The number of nitrogens with one attached hydrogen (secondary N) is 1. The average molecular weight is 492 g/mol. The summed E-state index contributed by atoms with van der Waals surface area (Å²) in [4.78, 5) is 29.4. The molecule has 0 bridgehead atoms. The fourth-order valence-electron chi connectivity index (χ4n) is 4.31. The molecule has 0 unspecified atom stereocenters. The summed E-state index contributed by atoms with van der Waals surface area (Å²) in [5, 5.41) is 11.4. The van der Waals surface area contributed by atoms with Gasteiger partial charge >= 0.3 is 0 Å². The van der Waals surface area contributed by atoms with Crippen molar-refractivity contribution in [1.82, 2.24) is 20.4 Å². The number of hydrogen-bond acceptors (Lipinski definition) is 6. The van der Waals surface area contributed by atoms with Gasteiger partial charge in [-0.2, -0.15) is 10.2 Å². The molecule has 9 heteroatoms. The van der Waals surface area contributed by atoms with Gasteiger partial charge in [-0.3, -0.25) is 14.5 Å². The van der Waals surface area contributed by atoms with Gasteiger partial charge in [-0.1, -0.05) is 23.7 Å². The van der Waals surface area contributed by atoms with Crippen LogP contribution in [-0.4, -0.2) is 59.2 Å². The third-order valence-electron chi connectivity index (χ3n) is 6.41. The molecule has 180 valence electrons. The Morgan fingerprint density at radius 3 is 2.34 bits per heavy atom. The molecule has 0 saturated carbocycles. The van der Waals surface area contributed by atoms with Crippen LogP contribution in [0.1, 0.15) is 23.2 Å². The zero-order valence-corrected chi connectivity index (χ0v) is 19.9. The highest BCUT2D eigenvalue weighted by Gasteiger charge is 2.31. The fourth-order valence-corrected chi connectivity index (χ4v) is 4.53. The molecule has 0 atom stereocenters. The van der Waals surface area contributed by atoms with Gasteiger partial charge in [-0.05, 0) is 42.5 Å². The molecule has 3 heterocycles. The van der Waals surface area contributed by atoms with Crippen LogP contribution in [0.2, 0.25) is 5.02 Å². The molecule has 0 radical (unpaired) electrons. The predicted molar refractivity (Wildman–Crippen MR) is 133 cm³/mol. The van der Waals surface area contributed by atoms with E-state index in [0.29, 0.717) is 42.5 Å². The molecule has 2 saturated heterocycles. The SMILES string of the molecule is O=C(c1ccccc1Cl)N1CCC(Oc2ccc(N(C(=O)C3CNC3)c3ccnnc3)cc2)CC1. The minimum atomic E-state index is -0.0576. The molecule has 2 amide bonds. The Morgan fingerprint density at radius 2 is 1.71 bits per heavy atom. The molecule has 1 N–H and O–H groups in total. The van der Waals surface area contributed by atoms with E-state index in [1.807, 2.05) is 41.3 Å². The number of rotatable bonds is 6. The Bertz CT molecular complexity index is 1180. The highest BCUT2D eigenvalue weighted by atomic mass is 35.5. The van der Waals surface area contributed by atoms with Gasteiger partial charge in [0, 0.05) is 44.7 Å². The lowest BCUT2D eigenvalue weighted by Crippen LogP contribution is -2.51. The number of anilines is 2. The number of hydrogen-bond donors (Lipinski definition) is 1. The van der Waals surface area contributed by atoms with E-state index >= 15 is 0 Å². The van der Waals surface area contributed by atoms with E-state index in [4.69, 9.17) is 16.3 Å². The van der Waals surface area contributed by atoms with E-state index in [9.17, 15) is 9.59 Å². The maximum absolute atomic E-state index is 13.1. The van der Waals surface area contributed by atoms with Crippen molar-refractivity contribution < 1.29 is 14.3 Å². The van der Waals surface area contributed by atoms with E-state index in [2.05, 4.69) is 15.5 Å². The van der Waals surface area contributed by atoms with Crippen LogP contribution in [0, 0.1) is 5.92 Å². The molecule has 2 fully saturated rings. The molecule has 2 aliphatic heterocycles. The van der Waals surface area contributed by atoms with Crippen LogP contribution in [0.25, 0.3) is 0 Å². The lowest BCUT2D eigenvalue weighted by molar-refractivity contribution is -0.123. The van der Waals surface area contributed by atoms with Crippen LogP contribution in [0.3, 0.4) is 0 Å². The first kappa shape index (κ1) is 23.3. The molecule has 0 aliphatic carbocycles. The normalized spacial score (nSPS) is 16.4. The van der Waals surface area contributed by atoms with E-state index in [0.717, 1.165) is 24.3 Å². The molecule has 2 aliphatic rings. The smallest absolute Gasteiger partial charge is 0.255 e. The van der Waals surface area contributed by atoms with Gasteiger partial charge in [0.25, 0.3) is 5.91 Å². The molecular formula is C26H26ClN5O3. The lowest BCUT2D eigenvalue weighted by atomic mass is 10.0. The van der Waals surface area contributed by atoms with Gasteiger partial charge in [0.15, 0.2) is 0 Å². The molecule has 5 rings (SSSR count). The summed E-state index contributed by atoms with van der Waals surface area (Å²) in [6, 6.07) is 16.4. The number of nitrogens with zero attached hydrogens (tertiary/aromatic N) is 4. The summed E-state index contributed by atoms with van der Waals surface area (Å²) in [6.45, 7) is 2.57. The second-order valence-electron chi connectivity index (χ2n) is 8.71.